The summed E-state index contributed by atoms with van der Waals surface area (Å²) in [5.41, 5.74) is 5.40. The Morgan fingerprint density at radius 1 is 1.67 bits per heavy atom. The number of rotatable bonds is 5. The minimum atomic E-state index is -0.132. The molecule has 1 atom stereocenters. The van der Waals surface area contributed by atoms with E-state index in [1.165, 1.54) is 0 Å². The van der Waals surface area contributed by atoms with Gasteiger partial charge in [-0.05, 0) is 13.5 Å². The zero-order chi connectivity index (χ0) is 9.56. The van der Waals surface area contributed by atoms with Crippen LogP contribution in [-0.2, 0) is 0 Å². The van der Waals surface area contributed by atoms with Crippen LogP contribution in [0.5, 0.6) is 0 Å². The van der Waals surface area contributed by atoms with E-state index in [2.05, 4.69) is 5.16 Å². The molecule has 1 unspecified atom stereocenters. The molecule has 0 radical (unpaired) electrons. The molecule has 12 heavy (non-hydrogen) atoms. The number of hydrogen-bond acceptors (Lipinski definition) is 4. The Hall–Kier alpha value is -0.810. The average Bonchev–Trinajstić information content (AvgIpc) is 2.11. The molecule has 0 amide bonds. The molecule has 0 aromatic carbocycles. The standard InChI is InChI=1S/C7H17N3O2/c1-3-10(4-5-11)6(2)7(8)9-12/h6,11-12H,3-5H2,1-2H3,(H2,8,9). The van der Waals surface area contributed by atoms with Crippen molar-refractivity contribution >= 4 is 5.84 Å². The highest BCUT2D eigenvalue weighted by Crippen LogP contribution is 1.97. The second kappa shape index (κ2) is 5.79. The predicted molar refractivity (Wildman–Crippen MR) is 47.2 cm³/mol. The number of likely N-dealkylation sites (N-methyl/N-ethyl adjacent to an activating group) is 1. The summed E-state index contributed by atoms with van der Waals surface area (Å²) in [6.45, 7) is 5.16. The Kier molecular flexibility index (Phi) is 5.40. The number of oxime groups is 1. The molecular formula is C7H17N3O2. The lowest BCUT2D eigenvalue weighted by atomic mass is 10.2. The summed E-state index contributed by atoms with van der Waals surface area (Å²) in [6.07, 6.45) is 0. The number of nitrogens with two attached hydrogens (primary N) is 1. The lowest BCUT2D eigenvalue weighted by molar-refractivity contribution is 0.187. The summed E-state index contributed by atoms with van der Waals surface area (Å²) in [5, 5.41) is 20.0. The van der Waals surface area contributed by atoms with E-state index in [0.29, 0.717) is 6.54 Å². The zero-order valence-electron chi connectivity index (χ0n) is 7.56. The molecule has 72 valence electrons. The minimum Gasteiger partial charge on any atom is -0.409 e. The fraction of sp³-hybridized carbons (Fsp3) is 0.857. The van der Waals surface area contributed by atoms with E-state index in [0.717, 1.165) is 6.54 Å². The van der Waals surface area contributed by atoms with Gasteiger partial charge in [0, 0.05) is 6.54 Å². The van der Waals surface area contributed by atoms with Crippen molar-refractivity contribution in [1.29, 1.82) is 0 Å². The van der Waals surface area contributed by atoms with Gasteiger partial charge in [0.15, 0.2) is 5.84 Å². The van der Waals surface area contributed by atoms with Crippen LogP contribution >= 0.6 is 0 Å². The van der Waals surface area contributed by atoms with Crippen LogP contribution in [0.15, 0.2) is 5.16 Å². The first-order chi connectivity index (χ1) is 5.67. The number of nitrogens with zero attached hydrogens (tertiary/aromatic N) is 2. The molecular weight excluding hydrogens is 158 g/mol. The molecule has 0 aliphatic rings. The van der Waals surface area contributed by atoms with Gasteiger partial charge in [-0.25, -0.2) is 0 Å². The Morgan fingerprint density at radius 2 is 2.25 bits per heavy atom. The van der Waals surface area contributed by atoms with Crippen molar-refractivity contribution in [3.8, 4) is 0 Å². The van der Waals surface area contributed by atoms with Crippen LogP contribution < -0.4 is 5.73 Å². The second-order valence-corrected chi connectivity index (χ2v) is 2.55. The van der Waals surface area contributed by atoms with Gasteiger partial charge in [-0.3, -0.25) is 4.90 Å². The van der Waals surface area contributed by atoms with E-state index in [-0.39, 0.29) is 18.5 Å². The number of aliphatic hydroxyl groups is 1. The van der Waals surface area contributed by atoms with E-state index in [9.17, 15) is 0 Å². The highest BCUT2D eigenvalue weighted by atomic mass is 16.4. The molecule has 0 aliphatic carbocycles. The molecule has 0 bridgehead atoms. The van der Waals surface area contributed by atoms with Gasteiger partial charge >= 0.3 is 0 Å². The van der Waals surface area contributed by atoms with Crippen molar-refractivity contribution in [1.82, 2.24) is 4.90 Å². The fourth-order valence-corrected chi connectivity index (χ4v) is 1.02. The van der Waals surface area contributed by atoms with E-state index in [4.69, 9.17) is 16.0 Å². The Bertz CT molecular complexity index is 150. The first kappa shape index (κ1) is 11.2. The van der Waals surface area contributed by atoms with Gasteiger partial charge in [-0.1, -0.05) is 12.1 Å². The van der Waals surface area contributed by atoms with Crippen LogP contribution in [0, 0.1) is 0 Å². The van der Waals surface area contributed by atoms with Crippen molar-refractivity contribution in [3.05, 3.63) is 0 Å². The van der Waals surface area contributed by atoms with Gasteiger partial charge < -0.3 is 16.0 Å². The smallest absolute Gasteiger partial charge is 0.156 e. The van der Waals surface area contributed by atoms with Gasteiger partial charge in [0.2, 0.25) is 0 Å². The quantitative estimate of drug-likeness (QED) is 0.226. The van der Waals surface area contributed by atoms with Crippen LogP contribution in [-0.4, -0.2) is 46.8 Å². The fourth-order valence-electron chi connectivity index (χ4n) is 1.02. The van der Waals surface area contributed by atoms with Crippen molar-refractivity contribution in [2.24, 2.45) is 10.9 Å². The van der Waals surface area contributed by atoms with Gasteiger partial charge in [-0.15, -0.1) is 0 Å². The van der Waals surface area contributed by atoms with Crippen LogP contribution in [0.1, 0.15) is 13.8 Å². The lowest BCUT2D eigenvalue weighted by Crippen LogP contribution is -2.44. The highest BCUT2D eigenvalue weighted by molar-refractivity contribution is 5.84. The van der Waals surface area contributed by atoms with Gasteiger partial charge in [-0.2, -0.15) is 0 Å². The third-order valence-electron chi connectivity index (χ3n) is 1.88. The maximum Gasteiger partial charge on any atom is 0.156 e. The third kappa shape index (κ3) is 3.06. The average molecular weight is 175 g/mol. The van der Waals surface area contributed by atoms with E-state index >= 15 is 0 Å². The molecule has 0 aromatic rings. The molecule has 0 heterocycles. The van der Waals surface area contributed by atoms with Crippen LogP contribution in [0.4, 0.5) is 0 Å². The largest absolute Gasteiger partial charge is 0.409 e. The molecule has 4 N–H and O–H groups in total. The Labute approximate surface area is 72.5 Å². The first-order valence-corrected chi connectivity index (χ1v) is 3.99. The first-order valence-electron chi connectivity index (χ1n) is 3.99. The van der Waals surface area contributed by atoms with Gasteiger partial charge in [0.05, 0.1) is 12.6 Å². The Morgan fingerprint density at radius 3 is 2.58 bits per heavy atom. The lowest BCUT2D eigenvalue weighted by Gasteiger charge is -2.25. The molecule has 5 heteroatoms. The summed E-state index contributed by atoms with van der Waals surface area (Å²) in [6, 6.07) is -0.132. The second-order valence-electron chi connectivity index (χ2n) is 2.55. The number of aliphatic hydroxyl groups excluding tert-OH is 1. The zero-order valence-corrected chi connectivity index (χ0v) is 7.56. The minimum absolute atomic E-state index is 0.0802. The third-order valence-corrected chi connectivity index (χ3v) is 1.88. The predicted octanol–water partition coefficient (Wildman–Crippen LogP) is -0.564. The molecule has 0 fully saturated rings. The van der Waals surface area contributed by atoms with Crippen molar-refractivity contribution in [2.45, 2.75) is 19.9 Å². The van der Waals surface area contributed by atoms with E-state index in [1.807, 2.05) is 18.7 Å². The molecule has 0 saturated heterocycles. The number of hydrogen-bond donors (Lipinski definition) is 3. The highest BCUT2D eigenvalue weighted by Gasteiger charge is 2.14. The summed E-state index contributed by atoms with van der Waals surface area (Å²) in [4.78, 5) is 1.91. The van der Waals surface area contributed by atoms with Crippen molar-refractivity contribution < 1.29 is 10.3 Å². The maximum absolute atomic E-state index is 8.69. The van der Waals surface area contributed by atoms with Crippen molar-refractivity contribution in [3.63, 3.8) is 0 Å². The molecule has 0 spiro atoms. The molecule has 0 aromatic heterocycles. The summed E-state index contributed by atoms with van der Waals surface area (Å²) >= 11 is 0. The SMILES string of the molecule is CCN(CCO)C(C)C(N)=NO. The van der Waals surface area contributed by atoms with Crippen molar-refractivity contribution in [2.75, 3.05) is 19.7 Å². The van der Waals surface area contributed by atoms with Crippen LogP contribution in [0.2, 0.25) is 0 Å². The monoisotopic (exact) mass is 175 g/mol. The molecule has 0 rings (SSSR count). The van der Waals surface area contributed by atoms with Gasteiger partial charge in [0.25, 0.3) is 0 Å². The van der Waals surface area contributed by atoms with Crippen LogP contribution in [0.3, 0.4) is 0 Å². The van der Waals surface area contributed by atoms with E-state index in [1.54, 1.807) is 0 Å². The molecule has 0 aliphatic heterocycles. The molecule has 5 nitrogen and oxygen atoms in total. The summed E-state index contributed by atoms with van der Waals surface area (Å²) in [5.74, 6) is 0.172. The summed E-state index contributed by atoms with van der Waals surface area (Å²) in [7, 11) is 0. The van der Waals surface area contributed by atoms with Gasteiger partial charge in [0.1, 0.15) is 0 Å². The Balaban J connectivity index is 4.10. The number of amidine groups is 1. The topological polar surface area (TPSA) is 82.1 Å². The normalized spacial score (nSPS) is 15.2. The molecule has 0 saturated carbocycles. The van der Waals surface area contributed by atoms with Crippen LogP contribution in [0.25, 0.3) is 0 Å². The maximum atomic E-state index is 8.69. The van der Waals surface area contributed by atoms with E-state index < -0.39 is 0 Å². The summed E-state index contributed by atoms with van der Waals surface area (Å²) < 4.78 is 0.